The van der Waals surface area contributed by atoms with Crippen LogP contribution in [0.4, 0.5) is 8.78 Å². The lowest BCUT2D eigenvalue weighted by Gasteiger charge is -2.06. The van der Waals surface area contributed by atoms with Gasteiger partial charge in [-0.1, -0.05) is 48.5 Å². The van der Waals surface area contributed by atoms with E-state index in [1.807, 2.05) is 30.3 Å². The van der Waals surface area contributed by atoms with Crippen LogP contribution in [0.5, 0.6) is 0 Å². The van der Waals surface area contributed by atoms with Gasteiger partial charge in [-0.25, -0.2) is 4.98 Å². The van der Waals surface area contributed by atoms with Gasteiger partial charge < -0.3 is 4.42 Å². The van der Waals surface area contributed by atoms with Crippen LogP contribution in [0.15, 0.2) is 71.2 Å². The zero-order chi connectivity index (χ0) is 14.7. The summed E-state index contributed by atoms with van der Waals surface area (Å²) in [5.41, 5.74) is 1.77. The molecule has 0 bridgehead atoms. The van der Waals surface area contributed by atoms with Crippen molar-refractivity contribution in [2.75, 3.05) is 0 Å². The smallest absolute Gasteiger partial charge is 0.340 e. The number of para-hydroxylation sites is 2. The van der Waals surface area contributed by atoms with E-state index in [2.05, 4.69) is 4.98 Å². The van der Waals surface area contributed by atoms with Crippen molar-refractivity contribution in [3.63, 3.8) is 0 Å². The second kappa shape index (κ2) is 5.48. The van der Waals surface area contributed by atoms with Crippen molar-refractivity contribution in [1.29, 1.82) is 0 Å². The number of allylic oxidation sites excluding steroid dienone is 2. The van der Waals surface area contributed by atoms with E-state index in [1.165, 1.54) is 6.08 Å². The molecule has 4 heteroatoms. The van der Waals surface area contributed by atoms with Crippen molar-refractivity contribution in [3.8, 4) is 0 Å². The number of alkyl halides is 2. The first-order valence-electron chi connectivity index (χ1n) is 6.61. The van der Waals surface area contributed by atoms with Gasteiger partial charge in [0.25, 0.3) is 5.89 Å². The van der Waals surface area contributed by atoms with Crippen LogP contribution in [-0.2, 0) is 12.3 Å². The molecule has 0 aliphatic carbocycles. The highest BCUT2D eigenvalue weighted by molar-refractivity contribution is 5.72. The Morgan fingerprint density at radius 3 is 2.48 bits per heavy atom. The maximum absolute atomic E-state index is 14.1. The number of nitrogens with zero attached hydrogens (tertiary/aromatic N) is 1. The van der Waals surface area contributed by atoms with E-state index in [1.54, 1.807) is 24.3 Å². The van der Waals surface area contributed by atoms with Gasteiger partial charge in [0.05, 0.1) is 0 Å². The summed E-state index contributed by atoms with van der Waals surface area (Å²) in [4.78, 5) is 3.84. The molecule has 0 amide bonds. The minimum absolute atomic E-state index is 0.364. The maximum atomic E-state index is 14.1. The Bertz CT molecular complexity index is 730. The summed E-state index contributed by atoms with van der Waals surface area (Å²) in [7, 11) is 0. The van der Waals surface area contributed by atoms with Crippen LogP contribution >= 0.6 is 0 Å². The lowest BCUT2D eigenvalue weighted by molar-refractivity contribution is 0.0232. The molecule has 0 saturated heterocycles. The topological polar surface area (TPSA) is 26.0 Å². The molecule has 0 spiro atoms. The number of aromatic nitrogens is 1. The molecule has 0 fully saturated rings. The molecule has 106 valence electrons. The number of fused-ring (bicyclic) bond motifs is 1. The Balaban J connectivity index is 1.79. The summed E-state index contributed by atoms with van der Waals surface area (Å²) in [6.45, 7) is 0. The fraction of sp³-hybridized carbons (Fsp3) is 0.118. The molecule has 0 aliphatic rings. The van der Waals surface area contributed by atoms with Crippen molar-refractivity contribution in [1.82, 2.24) is 4.98 Å². The Hall–Kier alpha value is -2.49. The Labute approximate surface area is 120 Å². The summed E-state index contributed by atoms with van der Waals surface area (Å²) >= 11 is 0. The Morgan fingerprint density at radius 1 is 1.00 bits per heavy atom. The van der Waals surface area contributed by atoms with Crippen LogP contribution in [0.3, 0.4) is 0 Å². The third kappa shape index (κ3) is 2.99. The largest absolute Gasteiger partial charge is 0.435 e. The molecule has 21 heavy (non-hydrogen) atoms. The van der Waals surface area contributed by atoms with Gasteiger partial charge in [-0.05, 0) is 30.2 Å². The summed E-state index contributed by atoms with van der Waals surface area (Å²) < 4.78 is 33.2. The van der Waals surface area contributed by atoms with Crippen LogP contribution in [-0.4, -0.2) is 4.98 Å². The minimum Gasteiger partial charge on any atom is -0.435 e. The van der Waals surface area contributed by atoms with Crippen molar-refractivity contribution < 1.29 is 13.2 Å². The summed E-state index contributed by atoms with van der Waals surface area (Å²) in [5, 5.41) is 0. The summed E-state index contributed by atoms with van der Waals surface area (Å²) in [5.74, 6) is -3.79. The third-order valence-electron chi connectivity index (χ3n) is 3.10. The first-order chi connectivity index (χ1) is 10.1. The van der Waals surface area contributed by atoms with Gasteiger partial charge in [-0.15, -0.1) is 0 Å². The third-order valence-corrected chi connectivity index (χ3v) is 3.10. The van der Waals surface area contributed by atoms with Crippen LogP contribution < -0.4 is 0 Å². The molecule has 0 radical (unpaired) electrons. The number of hydrogen-bond donors (Lipinski definition) is 0. The van der Waals surface area contributed by atoms with Crippen LogP contribution in [0, 0.1) is 0 Å². The lowest BCUT2D eigenvalue weighted by atomic mass is 10.1. The van der Waals surface area contributed by atoms with Gasteiger partial charge in [0.15, 0.2) is 5.58 Å². The Kier molecular flexibility index (Phi) is 3.52. The SMILES string of the molecule is FC(F)(C=CCc1ccccc1)c1nc2ccccc2o1. The number of halogens is 2. The lowest BCUT2D eigenvalue weighted by Crippen LogP contribution is -2.09. The number of hydrogen-bond acceptors (Lipinski definition) is 2. The van der Waals surface area contributed by atoms with E-state index in [0.717, 1.165) is 11.6 Å². The average molecular weight is 285 g/mol. The minimum atomic E-state index is -3.21. The standard InChI is InChI=1S/C17H13F2NO/c18-17(19,12-6-9-13-7-2-1-3-8-13)16-20-14-10-4-5-11-15(14)21-16/h1-8,10-12H,9H2. The molecule has 1 heterocycles. The highest BCUT2D eigenvalue weighted by Crippen LogP contribution is 2.31. The maximum Gasteiger partial charge on any atom is 0.340 e. The van der Waals surface area contributed by atoms with Gasteiger partial charge in [0, 0.05) is 0 Å². The summed E-state index contributed by atoms with van der Waals surface area (Å²) in [6, 6.07) is 16.1. The van der Waals surface area contributed by atoms with Crippen molar-refractivity contribution in [3.05, 3.63) is 78.2 Å². The molecule has 2 nitrogen and oxygen atoms in total. The first-order valence-corrected chi connectivity index (χ1v) is 6.61. The molecule has 3 aromatic rings. The molecule has 3 rings (SSSR count). The van der Waals surface area contributed by atoms with Crippen molar-refractivity contribution >= 4 is 11.1 Å². The molecule has 0 unspecified atom stereocenters. The second-order valence-corrected chi connectivity index (χ2v) is 4.70. The highest BCUT2D eigenvalue weighted by Gasteiger charge is 2.34. The second-order valence-electron chi connectivity index (χ2n) is 4.70. The normalized spacial score (nSPS) is 12.3. The van der Waals surface area contributed by atoms with E-state index in [9.17, 15) is 8.78 Å². The number of benzene rings is 2. The average Bonchev–Trinajstić information content (AvgIpc) is 2.93. The van der Waals surface area contributed by atoms with Crippen LogP contribution in [0.25, 0.3) is 11.1 Å². The van der Waals surface area contributed by atoms with Crippen molar-refractivity contribution in [2.24, 2.45) is 0 Å². The summed E-state index contributed by atoms with van der Waals surface area (Å²) in [6.07, 6.45) is 2.71. The molecule has 2 aromatic carbocycles. The van der Waals surface area contributed by atoms with E-state index < -0.39 is 11.8 Å². The fourth-order valence-corrected chi connectivity index (χ4v) is 2.04. The predicted octanol–water partition coefficient (Wildman–Crippen LogP) is 4.72. The highest BCUT2D eigenvalue weighted by atomic mass is 19.3. The first kappa shape index (κ1) is 13.5. The quantitative estimate of drug-likeness (QED) is 0.648. The van der Waals surface area contributed by atoms with E-state index in [0.29, 0.717) is 17.5 Å². The monoisotopic (exact) mass is 285 g/mol. The van der Waals surface area contributed by atoms with Gasteiger partial charge in [0.1, 0.15) is 5.52 Å². The van der Waals surface area contributed by atoms with Gasteiger partial charge >= 0.3 is 5.92 Å². The van der Waals surface area contributed by atoms with Gasteiger partial charge in [-0.3, -0.25) is 0 Å². The molecule has 0 N–H and O–H groups in total. The molecule has 0 saturated carbocycles. The number of rotatable bonds is 4. The van der Waals surface area contributed by atoms with Gasteiger partial charge in [0.2, 0.25) is 0 Å². The molecule has 0 aliphatic heterocycles. The van der Waals surface area contributed by atoms with Crippen molar-refractivity contribution in [2.45, 2.75) is 12.3 Å². The van der Waals surface area contributed by atoms with E-state index in [4.69, 9.17) is 4.42 Å². The Morgan fingerprint density at radius 2 is 1.71 bits per heavy atom. The van der Waals surface area contributed by atoms with E-state index >= 15 is 0 Å². The zero-order valence-corrected chi connectivity index (χ0v) is 11.2. The molecular formula is C17H13F2NO. The molecular weight excluding hydrogens is 272 g/mol. The fourth-order valence-electron chi connectivity index (χ4n) is 2.04. The van der Waals surface area contributed by atoms with Crippen LogP contribution in [0.2, 0.25) is 0 Å². The number of oxazole rings is 1. The zero-order valence-electron chi connectivity index (χ0n) is 11.2. The van der Waals surface area contributed by atoms with Crippen LogP contribution in [0.1, 0.15) is 11.5 Å². The predicted molar refractivity (Wildman–Crippen MR) is 77.2 cm³/mol. The van der Waals surface area contributed by atoms with E-state index in [-0.39, 0.29) is 0 Å². The molecule has 1 aromatic heterocycles. The molecule has 0 atom stereocenters. The van der Waals surface area contributed by atoms with Gasteiger partial charge in [-0.2, -0.15) is 8.78 Å².